The summed E-state index contributed by atoms with van der Waals surface area (Å²) in [5.74, 6) is -1.99. The van der Waals surface area contributed by atoms with Crippen molar-refractivity contribution in [1.29, 1.82) is 0 Å². The number of phenols is 4. The summed E-state index contributed by atoms with van der Waals surface area (Å²) in [5.41, 5.74) is 0.811. The van der Waals surface area contributed by atoms with Crippen LogP contribution in [0, 0.1) is 0 Å². The van der Waals surface area contributed by atoms with E-state index in [1.807, 2.05) is 0 Å². The molecule has 0 aliphatic carbocycles. The number of rotatable bonds is 13. The highest BCUT2D eigenvalue weighted by Gasteiger charge is 2.51. The van der Waals surface area contributed by atoms with Gasteiger partial charge in [-0.1, -0.05) is 0 Å². The maximum atomic E-state index is 13.2. The number of aliphatic hydroxyl groups excluding tert-OH is 6. The predicted octanol–water partition coefficient (Wildman–Crippen LogP) is -0.223. The summed E-state index contributed by atoms with van der Waals surface area (Å²) in [6.07, 6.45) is -14.8. The van der Waals surface area contributed by atoms with E-state index in [9.17, 15) is 55.9 Å². The van der Waals surface area contributed by atoms with E-state index >= 15 is 0 Å². The first kappa shape index (κ1) is 43.0. The highest BCUT2D eigenvalue weighted by Crippen LogP contribution is 2.46. The van der Waals surface area contributed by atoms with Gasteiger partial charge in [0, 0.05) is 18.2 Å². The second-order valence-electron chi connectivity index (χ2n) is 13.6. The Labute approximate surface area is 335 Å². The smallest absolute Gasteiger partial charge is 0.331 e. The Morgan fingerprint density at radius 2 is 1.42 bits per heavy atom. The fraction of sp³-hybridized carbons (Fsp3) is 0.410. The highest BCUT2D eigenvalue weighted by molar-refractivity contribution is 5.87. The molecule has 0 spiro atoms. The summed E-state index contributed by atoms with van der Waals surface area (Å²) in [6, 6.07) is 9.43. The molecule has 3 heterocycles. The monoisotopic (exact) mass is 833 g/mol. The minimum atomic E-state index is -1.96. The highest BCUT2D eigenvalue weighted by atomic mass is 16.7. The molecule has 6 rings (SSSR count). The van der Waals surface area contributed by atoms with Gasteiger partial charge in [0.2, 0.25) is 12.0 Å². The molecule has 3 aromatic rings. The molecule has 0 bridgehead atoms. The number of benzene rings is 3. The Kier molecular flexibility index (Phi) is 13.2. The lowest BCUT2D eigenvalue weighted by Gasteiger charge is -2.43. The number of aromatic hydroxyl groups is 5. The number of phenolic OH excluding ortho intramolecular Hbond substituents is 4. The Morgan fingerprint density at radius 3 is 2.08 bits per heavy atom. The van der Waals surface area contributed by atoms with Gasteiger partial charge in [-0.2, -0.15) is 0 Å². The minimum Gasteiger partial charge on any atom is -0.571 e. The molecule has 0 saturated carbocycles. The largest absolute Gasteiger partial charge is 0.571 e. The van der Waals surface area contributed by atoms with Crippen LogP contribution >= 0.6 is 0 Å². The molecule has 20 nitrogen and oxygen atoms in total. The molecule has 59 heavy (non-hydrogen) atoms. The van der Waals surface area contributed by atoms with Gasteiger partial charge in [0.05, 0.1) is 46.2 Å². The summed E-state index contributed by atoms with van der Waals surface area (Å²) >= 11 is 0. The maximum absolute atomic E-state index is 13.2. The van der Waals surface area contributed by atoms with E-state index in [0.717, 1.165) is 12.1 Å². The summed E-state index contributed by atoms with van der Waals surface area (Å²) < 4.78 is 49.1. The molecule has 11 N–H and O–H groups in total. The van der Waals surface area contributed by atoms with Gasteiger partial charge in [-0.05, 0) is 42.0 Å². The Bertz CT molecular complexity index is 2010. The number of hydrogen-bond acceptors (Lipinski definition) is 19. The van der Waals surface area contributed by atoms with Crippen LogP contribution in [0.1, 0.15) is 22.8 Å². The average molecular weight is 834 g/mol. The van der Waals surface area contributed by atoms with Gasteiger partial charge in [-0.15, -0.1) is 0 Å². The van der Waals surface area contributed by atoms with Crippen LogP contribution in [0.15, 0.2) is 54.3 Å². The number of carbonyl (C=O) groups excluding carboxylic acids is 1. The molecule has 320 valence electrons. The molecule has 0 radical (unpaired) electrons. The molecule has 2 saturated heterocycles. The SMILES string of the molecule is COc1cc(C2[OH+]c3cc(O)cc(O)c3C=C2OC2OC(COC3OC(CO)C(O)C(O)C3O)C(OC(=O)C=Cc3cc(OC)c(O)c(OC)c3)C(O)C2O)ccc1O. The summed E-state index contributed by atoms with van der Waals surface area (Å²) in [6.45, 7) is -1.45. The molecule has 11 unspecified atom stereocenters. The third kappa shape index (κ3) is 9.05. The van der Waals surface area contributed by atoms with Crippen molar-refractivity contribution in [2.45, 2.75) is 67.5 Å². The Morgan fingerprint density at radius 1 is 0.763 bits per heavy atom. The van der Waals surface area contributed by atoms with E-state index in [1.54, 1.807) is 0 Å². The van der Waals surface area contributed by atoms with Crippen molar-refractivity contribution in [3.63, 3.8) is 0 Å². The van der Waals surface area contributed by atoms with Crippen molar-refractivity contribution in [2.24, 2.45) is 0 Å². The van der Waals surface area contributed by atoms with Crippen LogP contribution in [0.5, 0.6) is 46.0 Å². The lowest BCUT2D eigenvalue weighted by molar-refractivity contribution is -0.329. The molecular formula is C39H45O20+. The van der Waals surface area contributed by atoms with E-state index < -0.39 is 86.7 Å². The zero-order valence-electron chi connectivity index (χ0n) is 31.6. The molecule has 0 aromatic heterocycles. The number of carbonyl (C=O) groups is 1. The van der Waals surface area contributed by atoms with Crippen LogP contribution < -0.4 is 14.2 Å². The van der Waals surface area contributed by atoms with Crippen LogP contribution in [-0.4, -0.2) is 158 Å². The van der Waals surface area contributed by atoms with Crippen LogP contribution in [0.2, 0.25) is 0 Å². The molecule has 11 atom stereocenters. The minimum absolute atomic E-state index is 0.0394. The van der Waals surface area contributed by atoms with Crippen molar-refractivity contribution >= 4 is 18.1 Å². The number of hydrogen-bond donors (Lipinski definition) is 10. The third-order valence-corrected chi connectivity index (χ3v) is 9.80. The molecule has 3 aliphatic heterocycles. The first-order chi connectivity index (χ1) is 28.2. The van der Waals surface area contributed by atoms with E-state index in [0.29, 0.717) is 11.1 Å². The van der Waals surface area contributed by atoms with E-state index in [-0.39, 0.29) is 57.3 Å². The van der Waals surface area contributed by atoms with Gasteiger partial charge in [0.15, 0.2) is 41.2 Å². The summed E-state index contributed by atoms with van der Waals surface area (Å²) in [4.78, 5) is 13.2. The van der Waals surface area contributed by atoms with E-state index in [4.69, 9.17) is 37.9 Å². The maximum Gasteiger partial charge on any atom is 0.331 e. The van der Waals surface area contributed by atoms with Crippen molar-refractivity contribution in [1.82, 2.24) is 0 Å². The second kappa shape index (κ2) is 18.2. The van der Waals surface area contributed by atoms with Gasteiger partial charge >= 0.3 is 5.97 Å². The summed E-state index contributed by atoms with van der Waals surface area (Å²) in [5, 5.41) is 105. The van der Waals surface area contributed by atoms with Crippen LogP contribution in [0.25, 0.3) is 12.2 Å². The van der Waals surface area contributed by atoms with Gasteiger partial charge in [-0.25, -0.2) is 4.79 Å². The molecule has 0 amide bonds. The molecular weight excluding hydrogens is 788 g/mol. The topological polar surface area (TPSA) is 306 Å². The van der Waals surface area contributed by atoms with Crippen molar-refractivity contribution < 1.29 is 98.5 Å². The third-order valence-electron chi connectivity index (χ3n) is 9.80. The van der Waals surface area contributed by atoms with E-state index in [1.165, 1.54) is 69.9 Å². The molecule has 20 heteroatoms. The number of ether oxygens (including phenoxy) is 9. The zero-order chi connectivity index (χ0) is 42.7. The fourth-order valence-corrected chi connectivity index (χ4v) is 6.65. The lowest BCUT2D eigenvalue weighted by Crippen LogP contribution is -2.62. The van der Waals surface area contributed by atoms with Crippen molar-refractivity contribution in [2.75, 3.05) is 34.5 Å². The van der Waals surface area contributed by atoms with Crippen LogP contribution in [0.4, 0.5) is 0 Å². The lowest BCUT2D eigenvalue weighted by atomic mass is 9.97. The van der Waals surface area contributed by atoms with Gasteiger partial charge in [0.1, 0.15) is 59.8 Å². The normalized spacial score (nSPS) is 29.2. The average Bonchev–Trinajstić information content (AvgIpc) is 3.22. The molecule has 2 fully saturated rings. The van der Waals surface area contributed by atoms with Crippen molar-refractivity contribution in [3.8, 4) is 46.0 Å². The Hall–Kier alpha value is -5.55. The number of aliphatic hydroxyl groups is 7. The summed E-state index contributed by atoms with van der Waals surface area (Å²) in [7, 11) is 3.96. The number of fused-ring (bicyclic) bond motifs is 1. The number of esters is 1. The van der Waals surface area contributed by atoms with Crippen LogP contribution in [-0.2, 0) is 28.5 Å². The quantitative estimate of drug-likeness (QED) is 0.0605. The fourth-order valence-electron chi connectivity index (χ4n) is 6.65. The first-order valence-corrected chi connectivity index (χ1v) is 18.0. The van der Waals surface area contributed by atoms with Crippen molar-refractivity contribution in [3.05, 3.63) is 71.0 Å². The second-order valence-corrected chi connectivity index (χ2v) is 13.6. The van der Waals surface area contributed by atoms with Gasteiger partial charge in [0.25, 0.3) is 11.9 Å². The standard InChI is InChI=1S/C39H44O20/c1-51-23-10-17(5-6-20(23)42)36-26(13-19-21(43)11-18(41)12-22(19)55-36)56-39-35(50)33(48)37(28(58-39)15-54-38-34(49)32(47)31(46)27(14-40)57-38)59-29(44)7-4-16-8-24(52-2)30(45)25(9-16)53-3/h4-13,27-28,31-43,45-50H,14-15H2,1-3H3/p+1. The van der Waals surface area contributed by atoms with Gasteiger partial charge < -0.3 is 93.7 Å². The molecule has 3 aromatic carbocycles. The predicted molar refractivity (Wildman–Crippen MR) is 198 cm³/mol. The molecule has 3 aliphatic rings. The zero-order valence-corrected chi connectivity index (χ0v) is 31.6. The van der Waals surface area contributed by atoms with E-state index in [2.05, 4.69) is 4.74 Å². The first-order valence-electron chi connectivity index (χ1n) is 18.0. The Balaban J connectivity index is 1.30. The van der Waals surface area contributed by atoms with Crippen LogP contribution in [0.3, 0.4) is 0 Å². The number of methoxy groups -OCH3 is 3. The van der Waals surface area contributed by atoms with Gasteiger partial charge in [-0.3, -0.25) is 0 Å².